The molecule has 2 aromatic heterocycles. The van der Waals surface area contributed by atoms with Crippen LogP contribution in [0.15, 0.2) is 85.3 Å². The van der Waals surface area contributed by atoms with Crippen LogP contribution in [0.2, 0.25) is 0 Å². The Bertz CT molecular complexity index is 1580. The standard InChI is InChI=1S/C28H22F3N5O/c1-17-6-8-19(9-7-17)25-14-26(35-34-25)20-4-3-5-23(11-20)33-27(37)21-10-22(28(29,30)31)13-24(12-21)36-15-18(2)32-16-36/h3-16H,1-2H3,(H,33,37)(H,34,35). The highest BCUT2D eigenvalue weighted by Crippen LogP contribution is 2.32. The number of halogens is 3. The van der Waals surface area contributed by atoms with Crippen LogP contribution in [0.5, 0.6) is 0 Å². The van der Waals surface area contributed by atoms with Gasteiger partial charge in [0.1, 0.15) is 0 Å². The number of nitrogens with zero attached hydrogens (tertiary/aromatic N) is 3. The number of alkyl halides is 3. The van der Waals surface area contributed by atoms with Gasteiger partial charge in [-0.1, -0.05) is 42.0 Å². The zero-order chi connectivity index (χ0) is 26.2. The molecule has 3 aromatic carbocycles. The van der Waals surface area contributed by atoms with E-state index in [4.69, 9.17) is 0 Å². The van der Waals surface area contributed by atoms with E-state index < -0.39 is 17.6 Å². The number of aromatic nitrogens is 4. The van der Waals surface area contributed by atoms with Gasteiger partial charge in [0.2, 0.25) is 0 Å². The van der Waals surface area contributed by atoms with E-state index in [2.05, 4.69) is 20.5 Å². The van der Waals surface area contributed by atoms with Gasteiger partial charge in [0.05, 0.1) is 29.0 Å². The maximum Gasteiger partial charge on any atom is 0.416 e. The second-order valence-corrected chi connectivity index (χ2v) is 8.76. The lowest BCUT2D eigenvalue weighted by atomic mass is 10.1. The monoisotopic (exact) mass is 501 g/mol. The predicted octanol–water partition coefficient (Wildman–Crippen LogP) is 6.82. The third-order valence-electron chi connectivity index (χ3n) is 5.87. The molecule has 6 nitrogen and oxygen atoms in total. The first-order chi connectivity index (χ1) is 17.7. The van der Waals surface area contributed by atoms with E-state index in [0.717, 1.165) is 34.5 Å². The van der Waals surface area contributed by atoms with E-state index in [1.807, 2.05) is 43.3 Å². The number of rotatable bonds is 5. The second kappa shape index (κ2) is 9.42. The molecule has 0 spiro atoms. The molecule has 2 heterocycles. The SMILES string of the molecule is Cc1ccc(-c2cc(-c3cccc(NC(=O)c4cc(-n5cnc(C)c5)cc(C(F)(F)F)c4)c3)n[nH]2)cc1. The molecule has 186 valence electrons. The third-order valence-corrected chi connectivity index (χ3v) is 5.87. The summed E-state index contributed by atoms with van der Waals surface area (Å²) in [6.45, 7) is 3.74. The van der Waals surface area contributed by atoms with Crippen LogP contribution in [0.25, 0.3) is 28.2 Å². The van der Waals surface area contributed by atoms with Gasteiger partial charge in [-0.2, -0.15) is 18.3 Å². The number of benzene rings is 3. The maximum atomic E-state index is 13.6. The van der Waals surface area contributed by atoms with Crippen LogP contribution < -0.4 is 5.32 Å². The van der Waals surface area contributed by atoms with Gasteiger partial charge in [-0.05, 0) is 55.8 Å². The summed E-state index contributed by atoms with van der Waals surface area (Å²) in [7, 11) is 0. The summed E-state index contributed by atoms with van der Waals surface area (Å²) in [5.74, 6) is -0.663. The van der Waals surface area contributed by atoms with Crippen LogP contribution in [-0.2, 0) is 6.18 Å². The number of hydrogen-bond donors (Lipinski definition) is 2. The van der Waals surface area contributed by atoms with E-state index in [-0.39, 0.29) is 11.3 Å². The van der Waals surface area contributed by atoms with E-state index >= 15 is 0 Å². The van der Waals surface area contributed by atoms with Crippen molar-refractivity contribution >= 4 is 11.6 Å². The predicted molar refractivity (Wildman–Crippen MR) is 135 cm³/mol. The highest BCUT2D eigenvalue weighted by atomic mass is 19.4. The molecule has 5 rings (SSSR count). The molecule has 9 heteroatoms. The van der Waals surface area contributed by atoms with Crippen LogP contribution in [0, 0.1) is 13.8 Å². The number of imidazole rings is 1. The van der Waals surface area contributed by atoms with Crippen molar-refractivity contribution in [3.8, 4) is 28.2 Å². The summed E-state index contributed by atoms with van der Waals surface area (Å²) >= 11 is 0. The molecular weight excluding hydrogens is 479 g/mol. The van der Waals surface area contributed by atoms with Crippen LogP contribution >= 0.6 is 0 Å². The van der Waals surface area contributed by atoms with Crippen LogP contribution in [0.4, 0.5) is 18.9 Å². The molecule has 1 amide bonds. The molecule has 0 saturated heterocycles. The number of carbonyl (C=O) groups excluding carboxylic acids is 1. The lowest BCUT2D eigenvalue weighted by molar-refractivity contribution is -0.137. The molecule has 37 heavy (non-hydrogen) atoms. The van der Waals surface area contributed by atoms with Gasteiger partial charge < -0.3 is 9.88 Å². The minimum atomic E-state index is -4.62. The Kier molecular flexibility index (Phi) is 6.12. The molecule has 0 atom stereocenters. The summed E-state index contributed by atoms with van der Waals surface area (Å²) < 4.78 is 42.2. The van der Waals surface area contributed by atoms with Crippen LogP contribution in [0.3, 0.4) is 0 Å². The fourth-order valence-corrected chi connectivity index (χ4v) is 3.93. The highest BCUT2D eigenvalue weighted by molar-refractivity contribution is 6.05. The van der Waals surface area contributed by atoms with E-state index in [1.165, 1.54) is 17.0 Å². The van der Waals surface area contributed by atoms with Crippen LogP contribution in [-0.4, -0.2) is 25.7 Å². The van der Waals surface area contributed by atoms with Crippen molar-refractivity contribution in [3.63, 3.8) is 0 Å². The van der Waals surface area contributed by atoms with Gasteiger partial charge in [0, 0.05) is 28.7 Å². The second-order valence-electron chi connectivity index (χ2n) is 8.76. The number of carbonyl (C=O) groups is 1. The average molecular weight is 502 g/mol. The molecule has 2 N–H and O–H groups in total. The van der Waals surface area contributed by atoms with E-state index in [1.54, 1.807) is 31.3 Å². The van der Waals surface area contributed by atoms with Crippen molar-refractivity contribution in [2.45, 2.75) is 20.0 Å². The van der Waals surface area contributed by atoms with Gasteiger partial charge in [-0.15, -0.1) is 0 Å². The lowest BCUT2D eigenvalue weighted by Crippen LogP contribution is -2.15. The van der Waals surface area contributed by atoms with E-state index in [9.17, 15) is 18.0 Å². The number of aryl methyl sites for hydroxylation is 2. The molecule has 0 bridgehead atoms. The van der Waals surface area contributed by atoms with Gasteiger partial charge >= 0.3 is 6.18 Å². The van der Waals surface area contributed by atoms with Crippen molar-refractivity contribution in [2.24, 2.45) is 0 Å². The summed E-state index contributed by atoms with van der Waals surface area (Å²) in [5, 5.41) is 10.1. The zero-order valence-corrected chi connectivity index (χ0v) is 20.0. The molecule has 0 saturated carbocycles. The van der Waals surface area contributed by atoms with Crippen molar-refractivity contribution in [1.82, 2.24) is 19.7 Å². The number of hydrogen-bond acceptors (Lipinski definition) is 3. The number of anilines is 1. The first kappa shape index (κ1) is 24.1. The number of aromatic amines is 1. The molecule has 0 fully saturated rings. The molecule has 0 aliphatic rings. The lowest BCUT2D eigenvalue weighted by Gasteiger charge is -2.13. The quantitative estimate of drug-likeness (QED) is 0.278. The Labute approximate surface area is 210 Å². The topological polar surface area (TPSA) is 75.6 Å². The Balaban J connectivity index is 1.41. The molecule has 0 aliphatic carbocycles. The minimum Gasteiger partial charge on any atom is -0.322 e. The molecular formula is C28H22F3N5O. The highest BCUT2D eigenvalue weighted by Gasteiger charge is 2.32. The molecule has 5 aromatic rings. The van der Waals surface area contributed by atoms with Crippen molar-refractivity contribution in [1.29, 1.82) is 0 Å². The van der Waals surface area contributed by atoms with Crippen molar-refractivity contribution < 1.29 is 18.0 Å². The van der Waals surface area contributed by atoms with Gasteiger partial charge in [0.25, 0.3) is 5.91 Å². The number of nitrogens with one attached hydrogen (secondary N) is 2. The summed E-state index contributed by atoms with van der Waals surface area (Å²) in [4.78, 5) is 17.1. The zero-order valence-electron chi connectivity index (χ0n) is 20.0. The van der Waals surface area contributed by atoms with Gasteiger partial charge in [-0.25, -0.2) is 4.98 Å². The van der Waals surface area contributed by atoms with E-state index in [0.29, 0.717) is 17.1 Å². The van der Waals surface area contributed by atoms with Crippen molar-refractivity contribution in [2.75, 3.05) is 5.32 Å². The number of H-pyrrole nitrogens is 1. The minimum absolute atomic E-state index is 0.122. The number of amides is 1. The molecule has 0 unspecified atom stereocenters. The first-order valence-electron chi connectivity index (χ1n) is 11.4. The van der Waals surface area contributed by atoms with Gasteiger partial charge in [0.15, 0.2) is 0 Å². The average Bonchev–Trinajstić information content (AvgIpc) is 3.54. The molecule has 0 radical (unpaired) electrons. The van der Waals surface area contributed by atoms with Gasteiger partial charge in [-0.3, -0.25) is 9.89 Å². The summed E-state index contributed by atoms with van der Waals surface area (Å²) in [6, 6.07) is 20.1. The maximum absolute atomic E-state index is 13.6. The van der Waals surface area contributed by atoms with Crippen LogP contribution in [0.1, 0.15) is 27.2 Å². The Morgan fingerprint density at radius 2 is 1.73 bits per heavy atom. The fraction of sp³-hybridized carbons (Fsp3) is 0.107. The summed E-state index contributed by atoms with van der Waals surface area (Å²) in [5.41, 5.74) is 4.62. The molecule has 0 aliphatic heterocycles. The Morgan fingerprint density at radius 3 is 2.43 bits per heavy atom. The van der Waals surface area contributed by atoms with Crippen molar-refractivity contribution in [3.05, 3.63) is 108 Å². The normalized spacial score (nSPS) is 11.5. The Morgan fingerprint density at radius 1 is 0.946 bits per heavy atom. The smallest absolute Gasteiger partial charge is 0.322 e. The fourth-order valence-electron chi connectivity index (χ4n) is 3.93. The first-order valence-corrected chi connectivity index (χ1v) is 11.4. The largest absolute Gasteiger partial charge is 0.416 e. The Hall–Kier alpha value is -4.66. The third kappa shape index (κ3) is 5.30. The summed E-state index contributed by atoms with van der Waals surface area (Å²) in [6.07, 6.45) is -1.62.